The molecular weight excluding hydrogens is 330 g/mol. The highest BCUT2D eigenvalue weighted by Crippen LogP contribution is 2.25. The van der Waals surface area contributed by atoms with E-state index in [1.165, 1.54) is 32.1 Å². The quantitative estimate of drug-likeness (QED) is 0.474. The molecular formula is C19H23N5S. The molecule has 0 bridgehead atoms. The van der Waals surface area contributed by atoms with Crippen molar-refractivity contribution in [3.8, 4) is 22.5 Å². The highest BCUT2D eigenvalue weighted by atomic mass is 32.1. The molecule has 3 aromatic rings. The number of nitrogens with one attached hydrogen (secondary N) is 1. The molecule has 0 amide bonds. The summed E-state index contributed by atoms with van der Waals surface area (Å²) in [6, 6.07) is 3.99. The lowest BCUT2D eigenvalue weighted by Gasteiger charge is -1.97. The van der Waals surface area contributed by atoms with Gasteiger partial charge in [-0.25, -0.2) is 9.97 Å². The van der Waals surface area contributed by atoms with Gasteiger partial charge in [-0.3, -0.25) is 0 Å². The fourth-order valence-corrected chi connectivity index (χ4v) is 3.31. The predicted octanol–water partition coefficient (Wildman–Crippen LogP) is 4.77. The average molecular weight is 353 g/mol. The second kappa shape index (κ2) is 8.63. The Morgan fingerprint density at radius 3 is 2.76 bits per heavy atom. The van der Waals surface area contributed by atoms with Gasteiger partial charge >= 0.3 is 0 Å². The van der Waals surface area contributed by atoms with E-state index in [0.29, 0.717) is 22.8 Å². The number of hydrogen-bond donors (Lipinski definition) is 2. The summed E-state index contributed by atoms with van der Waals surface area (Å²) in [4.78, 5) is 17.5. The van der Waals surface area contributed by atoms with Gasteiger partial charge in [0.25, 0.3) is 0 Å². The minimum absolute atomic E-state index is 0.393. The molecule has 130 valence electrons. The summed E-state index contributed by atoms with van der Waals surface area (Å²) in [6.07, 6.45) is 8.46. The van der Waals surface area contributed by atoms with Gasteiger partial charge in [0.1, 0.15) is 5.52 Å². The topological polar surface area (TPSA) is 80.5 Å². The lowest BCUT2D eigenvalue weighted by Crippen LogP contribution is -1.97. The highest BCUT2D eigenvalue weighted by Gasteiger charge is 2.11. The first kappa shape index (κ1) is 17.4. The molecule has 3 aromatic heterocycles. The summed E-state index contributed by atoms with van der Waals surface area (Å²) >= 11 is 1.62. The molecule has 3 N–H and O–H groups in total. The van der Waals surface area contributed by atoms with Crippen molar-refractivity contribution >= 4 is 28.3 Å². The van der Waals surface area contributed by atoms with Gasteiger partial charge in [0.2, 0.25) is 5.82 Å². The number of rotatable bonds is 7. The third-order valence-electron chi connectivity index (χ3n) is 3.99. The van der Waals surface area contributed by atoms with Crippen LogP contribution >= 0.6 is 11.3 Å². The van der Waals surface area contributed by atoms with Gasteiger partial charge in [0.05, 0.1) is 4.88 Å². The average Bonchev–Trinajstić information content (AvgIpc) is 3.26. The van der Waals surface area contributed by atoms with Gasteiger partial charge < -0.3 is 10.7 Å². The highest BCUT2D eigenvalue weighted by molar-refractivity contribution is 7.13. The lowest BCUT2D eigenvalue weighted by molar-refractivity contribution is 0.614. The first-order chi connectivity index (χ1) is 12.3. The number of thiophene rings is 1. The second-order valence-electron chi connectivity index (χ2n) is 6.01. The minimum atomic E-state index is 0.393. The van der Waals surface area contributed by atoms with Crippen LogP contribution in [0.1, 0.15) is 57.7 Å². The number of nitrogens with zero attached hydrogens (tertiary/aromatic N) is 3. The number of anilines is 1. The van der Waals surface area contributed by atoms with Crippen LogP contribution in [-0.4, -0.2) is 19.9 Å². The number of nitrogens with two attached hydrogens (primary N) is 1. The zero-order valence-electron chi connectivity index (χ0n) is 14.5. The van der Waals surface area contributed by atoms with Gasteiger partial charge in [-0.15, -0.1) is 11.3 Å². The second-order valence-corrected chi connectivity index (χ2v) is 6.96. The van der Waals surface area contributed by atoms with Crippen molar-refractivity contribution in [3.63, 3.8) is 0 Å². The number of aromatic amines is 1. The molecule has 0 radical (unpaired) electrons. The van der Waals surface area contributed by atoms with E-state index >= 15 is 0 Å². The number of imidazole rings is 1. The third kappa shape index (κ3) is 4.58. The zero-order chi connectivity index (χ0) is 17.5. The molecule has 0 spiro atoms. The SMILES string of the molecule is CCCCCCCCC#Cc1nc(N)c2[nH]c(-c3cccs3)nc2n1. The molecule has 25 heavy (non-hydrogen) atoms. The number of unbranched alkanes of at least 4 members (excludes halogenated alkanes) is 6. The van der Waals surface area contributed by atoms with Crippen LogP contribution in [0.5, 0.6) is 0 Å². The van der Waals surface area contributed by atoms with Gasteiger partial charge in [0, 0.05) is 6.42 Å². The molecule has 0 aliphatic carbocycles. The number of nitrogen functional groups attached to an aromatic ring is 1. The van der Waals surface area contributed by atoms with Crippen LogP contribution in [0.3, 0.4) is 0 Å². The van der Waals surface area contributed by atoms with Crippen molar-refractivity contribution in [1.82, 2.24) is 19.9 Å². The van der Waals surface area contributed by atoms with Crippen LogP contribution < -0.4 is 5.73 Å². The van der Waals surface area contributed by atoms with Crippen molar-refractivity contribution in [3.05, 3.63) is 23.3 Å². The monoisotopic (exact) mass is 353 g/mol. The molecule has 0 aliphatic heterocycles. The van der Waals surface area contributed by atoms with Crippen LogP contribution in [0.25, 0.3) is 21.9 Å². The Hall–Kier alpha value is -2.39. The van der Waals surface area contributed by atoms with Crippen molar-refractivity contribution < 1.29 is 0 Å². The number of aromatic nitrogens is 4. The normalized spacial score (nSPS) is 10.8. The Balaban J connectivity index is 1.64. The standard InChI is InChI=1S/C19H23N5S/c1-2-3-4-5-6-7-8-9-12-15-21-17(20)16-19(22-15)24-18(23-16)14-11-10-13-25-14/h10-11,13H,2-8H2,1H3,(H3,20,21,22,23,24). The van der Waals surface area contributed by atoms with Gasteiger partial charge in [0.15, 0.2) is 17.3 Å². The van der Waals surface area contributed by atoms with Crippen molar-refractivity contribution in [2.24, 2.45) is 0 Å². The predicted molar refractivity (Wildman–Crippen MR) is 104 cm³/mol. The first-order valence-electron chi connectivity index (χ1n) is 8.84. The first-order valence-corrected chi connectivity index (χ1v) is 9.72. The molecule has 3 heterocycles. The summed E-state index contributed by atoms with van der Waals surface area (Å²) in [7, 11) is 0. The molecule has 0 atom stereocenters. The Morgan fingerprint density at radius 2 is 1.96 bits per heavy atom. The third-order valence-corrected chi connectivity index (χ3v) is 4.87. The molecule has 0 saturated heterocycles. The van der Waals surface area contributed by atoms with E-state index in [1.807, 2.05) is 17.5 Å². The Labute approximate surface area is 152 Å². The molecule has 6 heteroatoms. The number of hydrogen-bond acceptors (Lipinski definition) is 5. The molecule has 0 fully saturated rings. The summed E-state index contributed by atoms with van der Waals surface area (Å²) in [5, 5.41) is 2.01. The maximum absolute atomic E-state index is 6.04. The van der Waals surface area contributed by atoms with Gasteiger partial charge in [-0.1, -0.05) is 51.0 Å². The minimum Gasteiger partial charge on any atom is -0.382 e. The molecule has 3 rings (SSSR count). The van der Waals surface area contributed by atoms with Gasteiger partial charge in [-0.2, -0.15) is 4.98 Å². The molecule has 0 aromatic carbocycles. The number of H-pyrrole nitrogens is 1. The van der Waals surface area contributed by atoms with Crippen LogP contribution in [0.4, 0.5) is 5.82 Å². The van der Waals surface area contributed by atoms with E-state index in [0.717, 1.165) is 23.5 Å². The zero-order valence-corrected chi connectivity index (χ0v) is 15.3. The summed E-state index contributed by atoms with van der Waals surface area (Å²) in [5.74, 6) is 7.78. The largest absolute Gasteiger partial charge is 0.382 e. The van der Waals surface area contributed by atoms with Crippen LogP contribution in [0.15, 0.2) is 17.5 Å². The van der Waals surface area contributed by atoms with Crippen LogP contribution in [0.2, 0.25) is 0 Å². The van der Waals surface area contributed by atoms with Crippen LogP contribution in [-0.2, 0) is 0 Å². The maximum atomic E-state index is 6.04. The van der Waals surface area contributed by atoms with Crippen molar-refractivity contribution in [1.29, 1.82) is 0 Å². The fourth-order valence-electron chi connectivity index (χ4n) is 2.64. The number of fused-ring (bicyclic) bond motifs is 1. The summed E-state index contributed by atoms with van der Waals surface area (Å²) in [5.41, 5.74) is 7.28. The molecule has 0 unspecified atom stereocenters. The Bertz CT molecular complexity index is 870. The molecule has 5 nitrogen and oxygen atoms in total. The Morgan fingerprint density at radius 1 is 1.12 bits per heavy atom. The van der Waals surface area contributed by atoms with Gasteiger partial charge in [-0.05, 0) is 23.8 Å². The van der Waals surface area contributed by atoms with E-state index in [2.05, 4.69) is 38.7 Å². The molecule has 0 aliphatic rings. The van der Waals surface area contributed by atoms with E-state index in [4.69, 9.17) is 5.73 Å². The van der Waals surface area contributed by atoms with Crippen molar-refractivity contribution in [2.45, 2.75) is 51.9 Å². The maximum Gasteiger partial charge on any atom is 0.209 e. The summed E-state index contributed by atoms with van der Waals surface area (Å²) < 4.78 is 0. The summed E-state index contributed by atoms with van der Waals surface area (Å²) in [6.45, 7) is 2.23. The van der Waals surface area contributed by atoms with E-state index in [9.17, 15) is 0 Å². The lowest BCUT2D eigenvalue weighted by atomic mass is 10.1. The smallest absolute Gasteiger partial charge is 0.209 e. The Kier molecular flexibility index (Phi) is 6.02. The van der Waals surface area contributed by atoms with E-state index in [-0.39, 0.29) is 0 Å². The van der Waals surface area contributed by atoms with Crippen molar-refractivity contribution in [2.75, 3.05) is 5.73 Å². The fraction of sp³-hybridized carbons (Fsp3) is 0.421. The van der Waals surface area contributed by atoms with E-state index in [1.54, 1.807) is 11.3 Å². The van der Waals surface area contributed by atoms with Crippen LogP contribution in [0, 0.1) is 11.8 Å². The molecule has 0 saturated carbocycles. The van der Waals surface area contributed by atoms with E-state index < -0.39 is 0 Å².